The maximum absolute atomic E-state index is 11.7. The first-order valence-corrected chi connectivity index (χ1v) is 5.44. The maximum Gasteiger partial charge on any atom is 0.254 e. The van der Waals surface area contributed by atoms with Crippen LogP contribution in [0.25, 0.3) is 0 Å². The van der Waals surface area contributed by atoms with Crippen LogP contribution in [0.5, 0.6) is 0 Å². The van der Waals surface area contributed by atoms with Crippen LogP contribution in [0.4, 0.5) is 0 Å². The Hall–Kier alpha value is -1.36. The zero-order valence-corrected chi connectivity index (χ0v) is 10.4. The van der Waals surface area contributed by atoms with Crippen LogP contribution in [0.15, 0.2) is 6.20 Å². The van der Waals surface area contributed by atoms with Gasteiger partial charge in [-0.15, -0.1) is 0 Å². The smallest absolute Gasteiger partial charge is 0.254 e. The number of hydrogen-bond acceptors (Lipinski definition) is 3. The third kappa shape index (κ3) is 3.34. The van der Waals surface area contributed by atoms with Gasteiger partial charge in [-0.2, -0.15) is 5.10 Å². The molecule has 0 aliphatic heterocycles. The lowest BCUT2D eigenvalue weighted by atomic mass is 10.2. The Morgan fingerprint density at radius 2 is 2.25 bits per heavy atom. The first-order valence-electron chi connectivity index (χ1n) is 5.44. The molecule has 0 spiro atoms. The first-order chi connectivity index (χ1) is 7.52. The highest BCUT2D eigenvalue weighted by Crippen LogP contribution is 2.04. The van der Waals surface area contributed by atoms with E-state index in [4.69, 9.17) is 0 Å². The van der Waals surface area contributed by atoms with Crippen LogP contribution in [0.1, 0.15) is 22.5 Å². The Bertz CT molecular complexity index is 357. The molecule has 0 aromatic carbocycles. The fraction of sp³-hybridized carbons (Fsp3) is 0.636. The monoisotopic (exact) mass is 224 g/mol. The summed E-state index contributed by atoms with van der Waals surface area (Å²) in [6, 6.07) is 0. The second kappa shape index (κ2) is 5.65. The zero-order chi connectivity index (χ0) is 12.1. The van der Waals surface area contributed by atoms with Crippen LogP contribution in [-0.2, 0) is 7.05 Å². The molecular formula is C11H20N4O. The van der Waals surface area contributed by atoms with Gasteiger partial charge in [-0.05, 0) is 34.0 Å². The van der Waals surface area contributed by atoms with Crippen molar-refractivity contribution in [2.45, 2.75) is 13.3 Å². The lowest BCUT2D eigenvalue weighted by Gasteiger charge is -2.09. The molecule has 1 aromatic heterocycles. The van der Waals surface area contributed by atoms with Crippen LogP contribution < -0.4 is 5.32 Å². The minimum atomic E-state index is -0.0376. The summed E-state index contributed by atoms with van der Waals surface area (Å²) in [6.45, 7) is 3.57. The number of amides is 1. The molecule has 0 aliphatic carbocycles. The molecule has 1 heterocycles. The van der Waals surface area contributed by atoms with Gasteiger partial charge in [-0.3, -0.25) is 9.48 Å². The Morgan fingerprint density at radius 3 is 2.75 bits per heavy atom. The number of rotatable bonds is 5. The minimum Gasteiger partial charge on any atom is -0.352 e. The number of aryl methyl sites for hydroxylation is 1. The third-order valence-corrected chi connectivity index (χ3v) is 2.55. The van der Waals surface area contributed by atoms with Gasteiger partial charge in [0.25, 0.3) is 5.91 Å². The number of carbonyl (C=O) groups excluding carboxylic acids is 1. The number of nitrogens with one attached hydrogen (secondary N) is 1. The molecule has 1 rings (SSSR count). The van der Waals surface area contributed by atoms with E-state index in [1.807, 2.05) is 28.1 Å². The predicted octanol–water partition coefficient (Wildman–Crippen LogP) is 0.410. The van der Waals surface area contributed by atoms with Gasteiger partial charge in [0.2, 0.25) is 0 Å². The van der Waals surface area contributed by atoms with Gasteiger partial charge >= 0.3 is 0 Å². The molecular weight excluding hydrogens is 204 g/mol. The summed E-state index contributed by atoms with van der Waals surface area (Å²) in [5.41, 5.74) is 1.55. The highest BCUT2D eigenvalue weighted by Gasteiger charge is 2.11. The lowest BCUT2D eigenvalue weighted by Crippen LogP contribution is -2.27. The molecule has 1 aromatic rings. The predicted molar refractivity (Wildman–Crippen MR) is 63.4 cm³/mol. The molecule has 1 N–H and O–H groups in total. The number of aromatic nitrogens is 2. The van der Waals surface area contributed by atoms with Crippen LogP contribution >= 0.6 is 0 Å². The van der Waals surface area contributed by atoms with Crippen molar-refractivity contribution >= 4 is 5.91 Å². The van der Waals surface area contributed by atoms with E-state index in [1.165, 1.54) is 0 Å². The van der Waals surface area contributed by atoms with Gasteiger partial charge in [0.05, 0.1) is 11.8 Å². The lowest BCUT2D eigenvalue weighted by molar-refractivity contribution is 0.0951. The van der Waals surface area contributed by atoms with E-state index in [0.717, 1.165) is 18.7 Å². The van der Waals surface area contributed by atoms with Crippen LogP contribution in [0.2, 0.25) is 0 Å². The average molecular weight is 224 g/mol. The van der Waals surface area contributed by atoms with Gasteiger partial charge in [-0.1, -0.05) is 0 Å². The number of hydrogen-bond donors (Lipinski definition) is 1. The highest BCUT2D eigenvalue weighted by atomic mass is 16.1. The highest BCUT2D eigenvalue weighted by molar-refractivity contribution is 5.94. The van der Waals surface area contributed by atoms with E-state index in [1.54, 1.807) is 10.9 Å². The largest absolute Gasteiger partial charge is 0.352 e. The van der Waals surface area contributed by atoms with Crippen molar-refractivity contribution in [2.24, 2.45) is 7.05 Å². The number of carbonyl (C=O) groups is 1. The second-order valence-electron chi connectivity index (χ2n) is 4.18. The summed E-state index contributed by atoms with van der Waals surface area (Å²) in [7, 11) is 5.87. The quantitative estimate of drug-likeness (QED) is 0.737. The standard InChI is InChI=1S/C11H20N4O/c1-9-10(8-13-15(9)4)11(16)12-6-5-7-14(2)3/h8H,5-7H2,1-4H3,(H,12,16). The molecule has 0 atom stereocenters. The Balaban J connectivity index is 2.39. The summed E-state index contributed by atoms with van der Waals surface area (Å²) in [5, 5.41) is 6.93. The van der Waals surface area contributed by atoms with Gasteiger partial charge in [-0.25, -0.2) is 0 Å². The molecule has 90 valence electrons. The fourth-order valence-electron chi connectivity index (χ4n) is 1.41. The topological polar surface area (TPSA) is 50.2 Å². The van der Waals surface area contributed by atoms with E-state index >= 15 is 0 Å². The van der Waals surface area contributed by atoms with Crippen molar-refractivity contribution < 1.29 is 4.79 Å². The molecule has 0 aliphatic rings. The van der Waals surface area contributed by atoms with Crippen molar-refractivity contribution in [2.75, 3.05) is 27.2 Å². The average Bonchev–Trinajstić information content (AvgIpc) is 2.54. The van der Waals surface area contributed by atoms with Crippen molar-refractivity contribution in [3.05, 3.63) is 17.5 Å². The fourth-order valence-corrected chi connectivity index (χ4v) is 1.41. The number of nitrogens with zero attached hydrogens (tertiary/aromatic N) is 3. The van der Waals surface area contributed by atoms with Crippen LogP contribution in [0.3, 0.4) is 0 Å². The second-order valence-corrected chi connectivity index (χ2v) is 4.18. The molecule has 0 saturated carbocycles. The first kappa shape index (κ1) is 12.7. The Labute approximate surface area is 96.4 Å². The normalized spacial score (nSPS) is 10.8. The SMILES string of the molecule is Cc1c(C(=O)NCCCN(C)C)cnn1C. The van der Waals surface area contributed by atoms with Gasteiger partial charge < -0.3 is 10.2 Å². The molecule has 5 heteroatoms. The summed E-state index contributed by atoms with van der Waals surface area (Å²) in [6.07, 6.45) is 2.56. The van der Waals surface area contributed by atoms with Crippen molar-refractivity contribution in [3.8, 4) is 0 Å². The Morgan fingerprint density at radius 1 is 1.56 bits per heavy atom. The molecule has 16 heavy (non-hydrogen) atoms. The summed E-state index contributed by atoms with van der Waals surface area (Å²) < 4.78 is 1.70. The summed E-state index contributed by atoms with van der Waals surface area (Å²) in [5.74, 6) is -0.0376. The molecule has 5 nitrogen and oxygen atoms in total. The van der Waals surface area contributed by atoms with Gasteiger partial charge in [0.1, 0.15) is 0 Å². The molecule has 0 unspecified atom stereocenters. The van der Waals surface area contributed by atoms with E-state index in [0.29, 0.717) is 12.1 Å². The molecule has 0 saturated heterocycles. The molecule has 0 fully saturated rings. The van der Waals surface area contributed by atoms with E-state index in [2.05, 4.69) is 15.3 Å². The van der Waals surface area contributed by atoms with Crippen molar-refractivity contribution in [1.82, 2.24) is 20.0 Å². The molecule has 0 radical (unpaired) electrons. The van der Waals surface area contributed by atoms with E-state index in [-0.39, 0.29) is 5.91 Å². The molecule has 1 amide bonds. The third-order valence-electron chi connectivity index (χ3n) is 2.55. The van der Waals surface area contributed by atoms with Crippen LogP contribution in [-0.4, -0.2) is 47.8 Å². The maximum atomic E-state index is 11.7. The Kier molecular flexibility index (Phi) is 4.49. The summed E-state index contributed by atoms with van der Waals surface area (Å²) >= 11 is 0. The molecule has 0 bridgehead atoms. The van der Waals surface area contributed by atoms with E-state index < -0.39 is 0 Å². The van der Waals surface area contributed by atoms with Gasteiger partial charge in [0, 0.05) is 19.3 Å². The zero-order valence-electron chi connectivity index (χ0n) is 10.4. The van der Waals surface area contributed by atoms with Gasteiger partial charge in [0.15, 0.2) is 0 Å². The minimum absolute atomic E-state index is 0.0376. The summed E-state index contributed by atoms with van der Waals surface area (Å²) in [4.78, 5) is 13.8. The van der Waals surface area contributed by atoms with Crippen molar-refractivity contribution in [3.63, 3.8) is 0 Å². The van der Waals surface area contributed by atoms with E-state index in [9.17, 15) is 4.79 Å². The van der Waals surface area contributed by atoms with Crippen LogP contribution in [0, 0.1) is 6.92 Å². The van der Waals surface area contributed by atoms with Crippen molar-refractivity contribution in [1.29, 1.82) is 0 Å².